The highest BCUT2D eigenvalue weighted by Gasteiger charge is 2.47. The van der Waals surface area contributed by atoms with Crippen LogP contribution in [0.4, 0.5) is 8.78 Å². The van der Waals surface area contributed by atoms with Crippen LogP contribution in [0.1, 0.15) is 36.5 Å². The van der Waals surface area contributed by atoms with Crippen LogP contribution in [0.5, 0.6) is 5.75 Å². The molecule has 1 aliphatic rings. The van der Waals surface area contributed by atoms with Gasteiger partial charge >= 0.3 is 0 Å². The molecule has 1 amide bonds. The van der Waals surface area contributed by atoms with Crippen molar-refractivity contribution in [3.05, 3.63) is 24.0 Å². The van der Waals surface area contributed by atoms with Crippen LogP contribution >= 0.6 is 0 Å². The van der Waals surface area contributed by atoms with Crippen molar-refractivity contribution in [1.29, 1.82) is 5.26 Å². The van der Waals surface area contributed by atoms with Gasteiger partial charge in [-0.05, 0) is 13.0 Å². The summed E-state index contributed by atoms with van der Waals surface area (Å²) in [6.45, 7) is 1.34. The van der Waals surface area contributed by atoms with Gasteiger partial charge in [0.2, 0.25) is 5.91 Å². The summed E-state index contributed by atoms with van der Waals surface area (Å²) in [6, 6.07) is 2.04. The van der Waals surface area contributed by atoms with E-state index in [0.717, 1.165) is 4.90 Å². The first-order valence-corrected chi connectivity index (χ1v) is 7.55. The van der Waals surface area contributed by atoms with E-state index in [-0.39, 0.29) is 18.6 Å². The zero-order chi connectivity index (χ0) is 17.7. The van der Waals surface area contributed by atoms with Crippen LogP contribution in [-0.2, 0) is 4.79 Å². The molecule has 0 bridgehead atoms. The van der Waals surface area contributed by atoms with Crippen LogP contribution in [0.3, 0.4) is 0 Å². The Labute approximate surface area is 138 Å². The Morgan fingerprint density at radius 2 is 2.25 bits per heavy atom. The van der Waals surface area contributed by atoms with Gasteiger partial charge in [0.1, 0.15) is 11.8 Å². The maximum absolute atomic E-state index is 13.4. The maximum Gasteiger partial charge on any atom is 0.268 e. The highest BCUT2D eigenvalue weighted by atomic mass is 19.3. The molecule has 2 rings (SSSR count). The summed E-state index contributed by atoms with van der Waals surface area (Å²) in [7, 11) is 0. The third kappa shape index (κ3) is 4.04. The van der Waals surface area contributed by atoms with Crippen LogP contribution < -0.4 is 4.74 Å². The smallest absolute Gasteiger partial charge is 0.268 e. The van der Waals surface area contributed by atoms with Crippen molar-refractivity contribution in [2.24, 2.45) is 0 Å². The molecule has 1 atom stereocenters. The summed E-state index contributed by atoms with van der Waals surface area (Å²) < 4.78 is 32.0. The molecular formula is C16H17F2N3O3. The van der Waals surface area contributed by atoms with E-state index < -0.39 is 30.8 Å². The zero-order valence-corrected chi connectivity index (χ0v) is 13.2. The number of aromatic nitrogens is 1. The average Bonchev–Trinajstić information content (AvgIpc) is 2.88. The van der Waals surface area contributed by atoms with Gasteiger partial charge in [-0.2, -0.15) is 5.26 Å². The number of hydrogen-bond acceptors (Lipinski definition) is 5. The number of alkyl halides is 2. The van der Waals surface area contributed by atoms with Gasteiger partial charge in [-0.25, -0.2) is 8.78 Å². The summed E-state index contributed by atoms with van der Waals surface area (Å²) in [6.07, 6.45) is 1.79. The molecule has 1 aliphatic heterocycles. The molecule has 8 heteroatoms. The van der Waals surface area contributed by atoms with E-state index in [9.17, 15) is 18.4 Å². The monoisotopic (exact) mass is 337 g/mol. The first-order valence-electron chi connectivity index (χ1n) is 7.55. The second-order valence-electron chi connectivity index (χ2n) is 5.45. The van der Waals surface area contributed by atoms with Gasteiger partial charge in [-0.1, -0.05) is 0 Å². The number of likely N-dealkylation sites (tertiary alicyclic amines) is 1. The number of amides is 1. The van der Waals surface area contributed by atoms with E-state index in [1.807, 2.05) is 0 Å². The van der Waals surface area contributed by atoms with Crippen LogP contribution in [0.25, 0.3) is 0 Å². The standard InChI is InChI=1S/C16H17F2N3O3/c1-2-24-14-9-20-6-5-12(14)13(22)3-4-15(23)21-10-16(17,18)7-11(21)8-19/h5-6,9,11H,2-4,7,10H2,1H3/t11-/m0/s1. The fraction of sp³-hybridized carbons (Fsp3) is 0.500. The summed E-state index contributed by atoms with van der Waals surface area (Å²) in [5, 5.41) is 8.90. The molecule has 0 aliphatic carbocycles. The van der Waals surface area contributed by atoms with Crippen molar-refractivity contribution in [1.82, 2.24) is 9.88 Å². The molecule has 24 heavy (non-hydrogen) atoms. The predicted octanol–water partition coefficient (Wildman–Crippen LogP) is 2.20. The lowest BCUT2D eigenvalue weighted by Gasteiger charge is -2.18. The minimum Gasteiger partial charge on any atom is -0.491 e. The SMILES string of the molecule is CCOc1cnccc1C(=O)CCC(=O)N1CC(F)(F)C[C@H]1C#N. The molecule has 128 valence electrons. The molecule has 1 fully saturated rings. The van der Waals surface area contributed by atoms with E-state index in [1.165, 1.54) is 18.5 Å². The lowest BCUT2D eigenvalue weighted by Crippen LogP contribution is -2.36. The minimum absolute atomic E-state index is 0.150. The van der Waals surface area contributed by atoms with Crippen molar-refractivity contribution in [3.8, 4) is 11.8 Å². The number of hydrogen-bond donors (Lipinski definition) is 0. The number of nitrogens with zero attached hydrogens (tertiary/aromatic N) is 3. The Bertz CT molecular complexity index is 673. The number of carbonyl (C=O) groups is 2. The summed E-state index contributed by atoms with van der Waals surface area (Å²) in [5.41, 5.74) is 0.295. The van der Waals surface area contributed by atoms with E-state index >= 15 is 0 Å². The van der Waals surface area contributed by atoms with Crippen LogP contribution in [0, 0.1) is 11.3 Å². The number of pyridine rings is 1. The molecule has 0 radical (unpaired) electrons. The highest BCUT2D eigenvalue weighted by molar-refractivity contribution is 6.00. The van der Waals surface area contributed by atoms with Gasteiger partial charge in [0, 0.05) is 25.5 Å². The number of carbonyl (C=O) groups excluding carboxylic acids is 2. The molecule has 0 saturated carbocycles. The fourth-order valence-corrected chi connectivity index (χ4v) is 2.57. The number of halogens is 2. The predicted molar refractivity (Wildman–Crippen MR) is 79.6 cm³/mol. The summed E-state index contributed by atoms with van der Waals surface area (Å²) >= 11 is 0. The molecule has 0 N–H and O–H groups in total. The lowest BCUT2D eigenvalue weighted by molar-refractivity contribution is -0.132. The second kappa shape index (κ2) is 7.34. The van der Waals surface area contributed by atoms with Gasteiger partial charge in [0.25, 0.3) is 5.92 Å². The number of nitriles is 1. The molecule has 0 unspecified atom stereocenters. The van der Waals surface area contributed by atoms with Gasteiger partial charge < -0.3 is 9.64 Å². The lowest BCUT2D eigenvalue weighted by atomic mass is 10.1. The Morgan fingerprint density at radius 3 is 2.92 bits per heavy atom. The van der Waals surface area contributed by atoms with E-state index in [4.69, 9.17) is 10.00 Å². The number of ether oxygens (including phenoxy) is 1. The quantitative estimate of drug-likeness (QED) is 0.743. The molecule has 2 heterocycles. The van der Waals surface area contributed by atoms with E-state index in [1.54, 1.807) is 13.0 Å². The minimum atomic E-state index is -3.06. The van der Waals surface area contributed by atoms with Gasteiger partial charge in [0.05, 0.1) is 31.0 Å². The number of rotatable bonds is 6. The number of Topliss-reactive ketones (excluding diaryl/α,β-unsaturated/α-hetero) is 1. The second-order valence-corrected chi connectivity index (χ2v) is 5.45. The Balaban J connectivity index is 1.99. The van der Waals surface area contributed by atoms with Crippen molar-refractivity contribution in [3.63, 3.8) is 0 Å². The first-order chi connectivity index (χ1) is 11.4. The molecule has 1 aromatic heterocycles. The largest absolute Gasteiger partial charge is 0.491 e. The van der Waals surface area contributed by atoms with Crippen LogP contribution in [0.2, 0.25) is 0 Å². The van der Waals surface area contributed by atoms with Crippen molar-refractivity contribution in [2.45, 2.75) is 38.2 Å². The van der Waals surface area contributed by atoms with E-state index in [0.29, 0.717) is 17.9 Å². The molecule has 1 aromatic rings. The molecular weight excluding hydrogens is 320 g/mol. The zero-order valence-electron chi connectivity index (χ0n) is 13.2. The normalized spacial score (nSPS) is 18.9. The summed E-state index contributed by atoms with van der Waals surface area (Å²) in [5.74, 6) is -3.71. The van der Waals surface area contributed by atoms with Gasteiger partial charge in [0.15, 0.2) is 5.78 Å². The van der Waals surface area contributed by atoms with Crippen molar-refractivity contribution >= 4 is 11.7 Å². The van der Waals surface area contributed by atoms with Crippen LogP contribution in [0.15, 0.2) is 18.5 Å². The molecule has 6 nitrogen and oxygen atoms in total. The molecule has 0 aromatic carbocycles. The van der Waals surface area contributed by atoms with E-state index in [2.05, 4.69) is 4.98 Å². The van der Waals surface area contributed by atoms with Crippen LogP contribution in [-0.4, -0.2) is 46.7 Å². The average molecular weight is 337 g/mol. The summed E-state index contributed by atoms with van der Waals surface area (Å²) in [4.78, 5) is 29.1. The first kappa shape index (κ1) is 17.8. The number of ketones is 1. The third-order valence-corrected chi connectivity index (χ3v) is 3.69. The fourth-order valence-electron chi connectivity index (χ4n) is 2.57. The highest BCUT2D eigenvalue weighted by Crippen LogP contribution is 2.32. The van der Waals surface area contributed by atoms with Gasteiger partial charge in [-0.3, -0.25) is 14.6 Å². The maximum atomic E-state index is 13.4. The Kier molecular flexibility index (Phi) is 5.44. The van der Waals surface area contributed by atoms with Crippen molar-refractivity contribution in [2.75, 3.05) is 13.2 Å². The Morgan fingerprint density at radius 1 is 1.50 bits per heavy atom. The third-order valence-electron chi connectivity index (χ3n) is 3.69. The molecule has 0 spiro atoms. The van der Waals surface area contributed by atoms with Crippen molar-refractivity contribution < 1.29 is 23.1 Å². The van der Waals surface area contributed by atoms with Gasteiger partial charge in [-0.15, -0.1) is 0 Å². The molecule has 1 saturated heterocycles. The topological polar surface area (TPSA) is 83.3 Å². The Hall–Kier alpha value is -2.56.